The molecule has 7 amide bonds. The number of halogens is 1. The van der Waals surface area contributed by atoms with E-state index in [1.807, 2.05) is 25.1 Å². The molecule has 0 spiro atoms. The summed E-state index contributed by atoms with van der Waals surface area (Å²) in [5, 5.41) is 26.7. The lowest BCUT2D eigenvalue weighted by molar-refractivity contribution is -0.145. The SMILES string of the molecule is CC[C@H](C)[C@H](NC(=O)[C@H](Cc1ccc([125I])cc1)NC(=O)[C@@H](NC(=O)[C@H](CCCN=C(N)N)NC(=O)[C@@H](N)Cc1ccc(C(=O)c2ccccc2)cc1)C(C)C)C(=O)N[C@@H](Cc1cnc[nH]1)C(=O)N1CCC[C@H]1C(=O)N[C@@H](Cc1ccccc1)C(=O)O. The number of aromatic nitrogens is 2. The number of hydrogen-bond donors (Lipinski definition) is 11. The molecule has 6 rings (SSSR count). The highest BCUT2D eigenvalue weighted by Crippen LogP contribution is 2.22. The Morgan fingerprint density at radius 2 is 1.22 bits per heavy atom. The van der Waals surface area contributed by atoms with Gasteiger partial charge >= 0.3 is 5.97 Å². The Kier molecular flexibility index (Phi) is 25.3. The highest BCUT2D eigenvalue weighted by atomic mass is 125. The monoisotopic (exact) mass is 1290 g/mol. The maximum Gasteiger partial charge on any atom is 0.326 e. The molecule has 1 aliphatic heterocycles. The third-order valence-electron chi connectivity index (χ3n) is 15.0. The first kappa shape index (κ1) is 66.6. The normalized spacial score (nSPS) is 15.7. The Labute approximate surface area is 513 Å². The zero-order valence-corrected chi connectivity index (χ0v) is 50.8. The zero-order chi connectivity index (χ0) is 62.5. The molecule has 1 aromatic heterocycles. The number of carbonyl (C=O) groups is 9. The van der Waals surface area contributed by atoms with Crippen LogP contribution in [0.1, 0.15) is 98.1 Å². The van der Waals surface area contributed by atoms with E-state index in [0.717, 1.165) is 3.57 Å². The van der Waals surface area contributed by atoms with Crippen molar-refractivity contribution in [2.45, 2.75) is 134 Å². The van der Waals surface area contributed by atoms with Gasteiger partial charge in [0.2, 0.25) is 41.4 Å². The number of aliphatic carboxylic acids is 1. The number of nitrogens with one attached hydrogen (secondary N) is 7. The number of carboxylic acids is 1. The first-order valence-corrected chi connectivity index (χ1v) is 29.8. The van der Waals surface area contributed by atoms with Gasteiger partial charge in [-0.2, -0.15) is 0 Å². The summed E-state index contributed by atoms with van der Waals surface area (Å²) < 4.78 is 0.909. The maximum atomic E-state index is 14.8. The molecule has 458 valence electrons. The van der Waals surface area contributed by atoms with E-state index in [2.05, 4.69) is 69.5 Å². The van der Waals surface area contributed by atoms with Gasteiger partial charge in [-0.15, -0.1) is 0 Å². The second-order valence-electron chi connectivity index (χ2n) is 21.8. The molecule has 86 heavy (non-hydrogen) atoms. The van der Waals surface area contributed by atoms with E-state index >= 15 is 0 Å². The zero-order valence-electron chi connectivity index (χ0n) is 48.7. The number of likely N-dealkylation sites (tertiary alicyclic amines) is 1. The van der Waals surface area contributed by atoms with Crippen molar-refractivity contribution in [3.8, 4) is 0 Å². The van der Waals surface area contributed by atoms with Gasteiger partial charge in [-0.05, 0) is 95.4 Å². The highest BCUT2D eigenvalue weighted by Gasteiger charge is 2.41. The molecular weight excluding hydrogens is 1210 g/mol. The molecule has 0 aliphatic carbocycles. The quantitative estimate of drug-likeness (QED) is 0.01000. The molecule has 1 fully saturated rings. The standard InChI is InChI=1S/C62H78IN13O10/c1-5-37(4)52(59(83)72-48(33-44-34-67-35-69-44)60(84)76-29-13-19-50(76)57(81)73-49(61(85)86)32-38-14-8-6-9-15-38)75-56(80)47(31-40-22-26-43(63)27-23-40)71-58(82)51(36(2)3)74-55(79)46(18-12-28-68-62(65)66)70-54(78)45(64)30-39-20-24-42(25-21-39)53(77)41-16-10-7-11-17-41/h6-11,14-17,20-27,34-37,45-52H,5,12-13,18-19,28-33,64H2,1-4H3,(H,67,69)(H,70,78)(H,71,82)(H,72,83)(H,73,81)(H,74,79)(H,75,80)(H,85,86)(H4,65,66,68)/t37-,45-,46-,47-,48-,49-,50-,51-,52-/m0/s1/i63-2. The van der Waals surface area contributed by atoms with Gasteiger partial charge in [0, 0.05) is 58.9 Å². The van der Waals surface area contributed by atoms with Gasteiger partial charge in [0.05, 0.1) is 12.4 Å². The number of aromatic amines is 1. The number of benzene rings is 4. The van der Waals surface area contributed by atoms with Gasteiger partial charge < -0.3 is 64.1 Å². The van der Waals surface area contributed by atoms with Crippen molar-refractivity contribution >= 4 is 81.7 Å². The number of ketones is 1. The minimum Gasteiger partial charge on any atom is -0.480 e. The third kappa shape index (κ3) is 19.8. The lowest BCUT2D eigenvalue weighted by Gasteiger charge is -2.32. The van der Waals surface area contributed by atoms with Crippen LogP contribution in [-0.2, 0) is 64.0 Å². The lowest BCUT2D eigenvalue weighted by Crippen LogP contribution is -2.62. The lowest BCUT2D eigenvalue weighted by atomic mass is 9.96. The van der Waals surface area contributed by atoms with Crippen molar-refractivity contribution in [3.63, 3.8) is 0 Å². The Morgan fingerprint density at radius 1 is 0.663 bits per heavy atom. The molecule has 0 bridgehead atoms. The van der Waals surface area contributed by atoms with Crippen LogP contribution in [-0.4, -0.2) is 140 Å². The number of guanidine groups is 1. The minimum atomic E-state index is -1.33. The number of amides is 7. The molecule has 2 heterocycles. The van der Waals surface area contributed by atoms with Crippen LogP contribution in [0.3, 0.4) is 0 Å². The molecule has 14 N–H and O–H groups in total. The fourth-order valence-electron chi connectivity index (χ4n) is 9.92. The highest BCUT2D eigenvalue weighted by molar-refractivity contribution is 14.1. The summed E-state index contributed by atoms with van der Waals surface area (Å²) in [6.45, 7) is 7.22. The van der Waals surface area contributed by atoms with Crippen LogP contribution in [0.25, 0.3) is 0 Å². The summed E-state index contributed by atoms with van der Waals surface area (Å²) in [7, 11) is 0. The average Bonchev–Trinajstić information content (AvgIpc) is 3.19. The van der Waals surface area contributed by atoms with Crippen LogP contribution in [0, 0.1) is 15.4 Å². The van der Waals surface area contributed by atoms with Crippen LogP contribution >= 0.6 is 22.6 Å². The molecule has 5 aromatic rings. The largest absolute Gasteiger partial charge is 0.480 e. The topological polar surface area (TPSA) is 368 Å². The van der Waals surface area contributed by atoms with Crippen molar-refractivity contribution in [1.82, 2.24) is 46.8 Å². The fourth-order valence-corrected chi connectivity index (χ4v) is 10.3. The van der Waals surface area contributed by atoms with E-state index in [0.29, 0.717) is 46.4 Å². The van der Waals surface area contributed by atoms with Crippen LogP contribution in [0.15, 0.2) is 127 Å². The number of rotatable bonds is 31. The van der Waals surface area contributed by atoms with Gasteiger partial charge in [0.15, 0.2) is 11.7 Å². The van der Waals surface area contributed by atoms with E-state index in [1.165, 1.54) is 17.4 Å². The summed E-state index contributed by atoms with van der Waals surface area (Å²) in [4.78, 5) is 138. The van der Waals surface area contributed by atoms with E-state index in [9.17, 15) is 48.3 Å². The Hall–Kier alpha value is -8.52. The molecular formula is C62H78IN13O10. The van der Waals surface area contributed by atoms with Crippen molar-refractivity contribution in [3.05, 3.63) is 159 Å². The molecule has 0 radical (unpaired) electrons. The number of hydrogen-bond acceptors (Lipinski definition) is 12. The summed E-state index contributed by atoms with van der Waals surface area (Å²) in [5.41, 5.74) is 21.0. The number of carboxylic acid groups (broad SMARTS) is 1. The molecule has 1 aliphatic rings. The van der Waals surface area contributed by atoms with Crippen LogP contribution in [0.5, 0.6) is 0 Å². The Balaban J connectivity index is 1.18. The average molecular weight is 1290 g/mol. The summed E-state index contributed by atoms with van der Waals surface area (Å²) in [6, 6.07) is 21.7. The van der Waals surface area contributed by atoms with Crippen molar-refractivity contribution in [2.24, 2.45) is 34.0 Å². The number of aliphatic imine (C=N–C) groups is 1. The first-order chi connectivity index (χ1) is 41.1. The van der Waals surface area contributed by atoms with Crippen molar-refractivity contribution in [1.29, 1.82) is 0 Å². The van der Waals surface area contributed by atoms with E-state index < -0.39 is 107 Å². The number of nitrogens with zero attached hydrogens (tertiary/aromatic N) is 3. The second-order valence-corrected chi connectivity index (χ2v) is 23.1. The predicted octanol–water partition coefficient (Wildman–Crippen LogP) is 2.58. The number of imidazole rings is 1. The number of H-pyrrole nitrogens is 1. The van der Waals surface area contributed by atoms with E-state index in [1.54, 1.807) is 112 Å². The van der Waals surface area contributed by atoms with Crippen molar-refractivity contribution in [2.75, 3.05) is 13.1 Å². The molecule has 24 heteroatoms. The smallest absolute Gasteiger partial charge is 0.326 e. The van der Waals surface area contributed by atoms with E-state index in [-0.39, 0.29) is 69.8 Å². The van der Waals surface area contributed by atoms with Crippen molar-refractivity contribution < 1.29 is 48.3 Å². The minimum absolute atomic E-state index is 0.0104. The predicted molar refractivity (Wildman–Crippen MR) is 331 cm³/mol. The number of nitrogens with two attached hydrogens (primary N) is 3. The van der Waals surface area contributed by atoms with Crippen LogP contribution in [0.2, 0.25) is 0 Å². The Morgan fingerprint density at radius 3 is 1.84 bits per heavy atom. The Bertz CT molecular complexity index is 3130. The first-order valence-electron chi connectivity index (χ1n) is 28.7. The van der Waals surface area contributed by atoms with Gasteiger partial charge in [-0.25, -0.2) is 9.78 Å². The third-order valence-corrected chi connectivity index (χ3v) is 15.7. The van der Waals surface area contributed by atoms with E-state index in [4.69, 9.17) is 17.2 Å². The molecule has 23 nitrogen and oxygen atoms in total. The maximum absolute atomic E-state index is 14.8. The molecule has 1 saturated heterocycles. The molecule has 0 saturated carbocycles. The van der Waals surface area contributed by atoms with Gasteiger partial charge in [-0.3, -0.25) is 43.3 Å². The summed E-state index contributed by atoms with van der Waals surface area (Å²) >= 11 is 2.14. The summed E-state index contributed by atoms with van der Waals surface area (Å²) in [5.74, 6) is -7.58. The van der Waals surface area contributed by atoms with Crippen LogP contribution < -0.4 is 49.1 Å². The van der Waals surface area contributed by atoms with Crippen LogP contribution in [0.4, 0.5) is 0 Å². The van der Waals surface area contributed by atoms with Gasteiger partial charge in [-0.1, -0.05) is 131 Å². The number of carbonyl (C=O) groups excluding carboxylic acids is 8. The second kappa shape index (κ2) is 32.7. The fraction of sp³-hybridized carbons (Fsp3) is 0.403. The van der Waals surface area contributed by atoms with Gasteiger partial charge in [0.25, 0.3) is 0 Å². The molecule has 4 aromatic carbocycles. The summed E-state index contributed by atoms with van der Waals surface area (Å²) in [6.07, 6.45) is 4.16. The van der Waals surface area contributed by atoms with Gasteiger partial charge in [0.1, 0.15) is 42.3 Å². The molecule has 9 atom stereocenters. The molecule has 0 unspecified atom stereocenters.